The number of carbonyl (C=O) groups is 1. The number of pyridine rings is 1. The summed E-state index contributed by atoms with van der Waals surface area (Å²) in [6, 6.07) is 11.5. The van der Waals surface area contributed by atoms with Gasteiger partial charge in [0.2, 0.25) is 0 Å². The van der Waals surface area contributed by atoms with Gasteiger partial charge in [-0.25, -0.2) is 4.98 Å². The lowest BCUT2D eigenvalue weighted by Crippen LogP contribution is -1.94. The predicted octanol–water partition coefficient (Wildman–Crippen LogP) is 5.39. The largest absolute Gasteiger partial charge is 0.290 e. The maximum Gasteiger partial charge on any atom is 0.194 e. The van der Waals surface area contributed by atoms with Crippen molar-refractivity contribution in [1.82, 2.24) is 14.4 Å². The second-order valence-electron chi connectivity index (χ2n) is 6.09. The van der Waals surface area contributed by atoms with Crippen LogP contribution in [-0.4, -0.2) is 20.2 Å². The highest BCUT2D eigenvalue weighted by atomic mass is 35.5. The van der Waals surface area contributed by atoms with Crippen LogP contribution in [0, 0.1) is 13.8 Å². The molecule has 1 aromatic carbocycles. The molecule has 0 saturated carbocycles. The molecular formula is C21H18ClN3OS. The number of rotatable bonds is 4. The first kappa shape index (κ1) is 19.0. The van der Waals surface area contributed by atoms with Gasteiger partial charge in [-0.1, -0.05) is 24.3 Å². The Labute approximate surface area is 167 Å². The van der Waals surface area contributed by atoms with E-state index < -0.39 is 0 Å². The molecule has 136 valence electrons. The Bertz CT molecular complexity index is 1110. The van der Waals surface area contributed by atoms with Crippen molar-refractivity contribution in [3.63, 3.8) is 0 Å². The zero-order valence-electron chi connectivity index (χ0n) is 14.9. The van der Waals surface area contributed by atoms with Crippen molar-refractivity contribution < 1.29 is 4.79 Å². The monoisotopic (exact) mass is 395 g/mol. The summed E-state index contributed by atoms with van der Waals surface area (Å²) >= 11 is 1.65. The summed E-state index contributed by atoms with van der Waals surface area (Å²) in [5, 5.41) is 0. The molecule has 0 spiro atoms. The standard InChI is InChI=1S/C21H17N3OS.ClH/c1-14-13-24-19(15(2)23-21(24)26-14)7-8-20(25)18-5-3-16(4-6-18)17-9-11-22-12-10-17;/h3-13H,1-2H3;1H/b8-7+;. The molecule has 0 N–H and O–H groups in total. The van der Waals surface area contributed by atoms with Crippen LogP contribution in [0.25, 0.3) is 22.2 Å². The van der Waals surface area contributed by atoms with E-state index in [1.54, 1.807) is 29.8 Å². The molecule has 3 heterocycles. The van der Waals surface area contributed by atoms with Crippen molar-refractivity contribution in [1.29, 1.82) is 0 Å². The number of carbonyl (C=O) groups excluding carboxylic acids is 1. The van der Waals surface area contributed by atoms with E-state index in [2.05, 4.69) is 16.9 Å². The lowest BCUT2D eigenvalue weighted by molar-refractivity contribution is 0.104. The van der Waals surface area contributed by atoms with Crippen molar-refractivity contribution in [2.75, 3.05) is 0 Å². The quantitative estimate of drug-likeness (QED) is 0.343. The Morgan fingerprint density at radius 3 is 2.41 bits per heavy atom. The Hall–Kier alpha value is -2.76. The average Bonchev–Trinajstić information content (AvgIpc) is 3.15. The number of aromatic nitrogens is 3. The first-order chi connectivity index (χ1) is 12.6. The molecule has 0 fully saturated rings. The zero-order valence-corrected chi connectivity index (χ0v) is 16.6. The van der Waals surface area contributed by atoms with Gasteiger partial charge in [-0.2, -0.15) is 0 Å². The number of hydrogen-bond acceptors (Lipinski definition) is 4. The number of aryl methyl sites for hydroxylation is 2. The van der Waals surface area contributed by atoms with Crippen molar-refractivity contribution in [2.45, 2.75) is 13.8 Å². The van der Waals surface area contributed by atoms with Crippen LogP contribution in [0.4, 0.5) is 0 Å². The minimum absolute atomic E-state index is 0. The summed E-state index contributed by atoms with van der Waals surface area (Å²) < 4.78 is 2.03. The van der Waals surface area contributed by atoms with Crippen molar-refractivity contribution in [3.8, 4) is 11.1 Å². The van der Waals surface area contributed by atoms with E-state index in [0.717, 1.165) is 27.5 Å². The van der Waals surface area contributed by atoms with Crippen molar-refractivity contribution in [3.05, 3.63) is 82.9 Å². The van der Waals surface area contributed by atoms with Gasteiger partial charge in [0.15, 0.2) is 10.7 Å². The molecular weight excluding hydrogens is 378 g/mol. The van der Waals surface area contributed by atoms with Crippen molar-refractivity contribution >= 4 is 40.6 Å². The van der Waals surface area contributed by atoms with E-state index in [1.165, 1.54) is 4.88 Å². The van der Waals surface area contributed by atoms with E-state index >= 15 is 0 Å². The van der Waals surface area contributed by atoms with Crippen molar-refractivity contribution in [2.24, 2.45) is 0 Å². The lowest BCUT2D eigenvalue weighted by Gasteiger charge is -2.02. The van der Waals surface area contributed by atoms with Gasteiger partial charge >= 0.3 is 0 Å². The van der Waals surface area contributed by atoms with Crippen LogP contribution in [0.1, 0.15) is 26.6 Å². The number of benzene rings is 1. The molecule has 4 rings (SSSR count). The smallest absolute Gasteiger partial charge is 0.194 e. The lowest BCUT2D eigenvalue weighted by atomic mass is 10.0. The minimum Gasteiger partial charge on any atom is -0.290 e. The van der Waals surface area contributed by atoms with Crippen LogP contribution in [0.2, 0.25) is 0 Å². The third-order valence-electron chi connectivity index (χ3n) is 4.24. The third-order valence-corrected chi connectivity index (χ3v) is 5.14. The maximum absolute atomic E-state index is 12.5. The maximum atomic E-state index is 12.5. The average molecular weight is 396 g/mol. The molecule has 0 radical (unpaired) electrons. The van der Waals surface area contributed by atoms with Crippen LogP contribution in [-0.2, 0) is 0 Å². The molecule has 0 aliphatic rings. The molecule has 6 heteroatoms. The Morgan fingerprint density at radius 1 is 1.04 bits per heavy atom. The van der Waals surface area contributed by atoms with Gasteiger partial charge in [0, 0.05) is 29.0 Å². The molecule has 27 heavy (non-hydrogen) atoms. The molecule has 4 aromatic rings. The van der Waals surface area contributed by atoms with E-state index in [9.17, 15) is 4.79 Å². The van der Waals surface area contributed by atoms with Crippen LogP contribution < -0.4 is 0 Å². The van der Waals surface area contributed by atoms with Crippen LogP contribution in [0.15, 0.2) is 61.1 Å². The SMILES string of the molecule is Cc1cn2c(/C=C/C(=O)c3ccc(-c4ccncc4)cc3)c(C)nc2s1.Cl. The first-order valence-electron chi connectivity index (χ1n) is 8.30. The number of thiazole rings is 1. The molecule has 0 unspecified atom stereocenters. The van der Waals surface area contributed by atoms with E-state index in [1.807, 2.05) is 60.0 Å². The third kappa shape index (κ3) is 3.84. The van der Waals surface area contributed by atoms with Crippen LogP contribution in [0.3, 0.4) is 0 Å². The Kier molecular flexibility index (Phi) is 5.54. The predicted molar refractivity (Wildman–Crippen MR) is 113 cm³/mol. The summed E-state index contributed by atoms with van der Waals surface area (Å²) in [6.07, 6.45) is 9.04. The van der Waals surface area contributed by atoms with Gasteiger partial charge in [-0.15, -0.1) is 23.7 Å². The number of ketones is 1. The second-order valence-corrected chi connectivity index (χ2v) is 7.30. The van der Waals surface area contributed by atoms with Gasteiger partial charge in [0.25, 0.3) is 0 Å². The summed E-state index contributed by atoms with van der Waals surface area (Å²) in [6.45, 7) is 4.01. The van der Waals surface area contributed by atoms with Gasteiger partial charge in [-0.3, -0.25) is 14.2 Å². The summed E-state index contributed by atoms with van der Waals surface area (Å²) in [5.41, 5.74) is 4.69. The van der Waals surface area contributed by atoms with E-state index in [0.29, 0.717) is 5.56 Å². The number of nitrogens with zero attached hydrogens (tertiary/aromatic N) is 3. The van der Waals surface area contributed by atoms with Crippen LogP contribution >= 0.6 is 23.7 Å². The second kappa shape index (κ2) is 7.86. The van der Waals surface area contributed by atoms with E-state index in [-0.39, 0.29) is 18.2 Å². The van der Waals surface area contributed by atoms with E-state index in [4.69, 9.17) is 0 Å². The zero-order chi connectivity index (χ0) is 18.1. The Balaban J connectivity index is 0.00000210. The Morgan fingerprint density at radius 2 is 1.70 bits per heavy atom. The highest BCUT2D eigenvalue weighted by Crippen LogP contribution is 2.22. The molecule has 0 bridgehead atoms. The fourth-order valence-electron chi connectivity index (χ4n) is 2.90. The summed E-state index contributed by atoms with van der Waals surface area (Å²) in [5.74, 6) is -0.0208. The fraction of sp³-hybridized carbons (Fsp3) is 0.0952. The highest BCUT2D eigenvalue weighted by molar-refractivity contribution is 7.17. The summed E-state index contributed by atoms with van der Waals surface area (Å²) in [4.78, 5) is 23.2. The number of imidazole rings is 1. The number of halogens is 1. The van der Waals surface area contributed by atoms with Crippen LogP contribution in [0.5, 0.6) is 0 Å². The number of allylic oxidation sites excluding steroid dienone is 1. The van der Waals surface area contributed by atoms with Gasteiger partial charge in [0.1, 0.15) is 0 Å². The first-order valence-corrected chi connectivity index (χ1v) is 9.11. The number of fused-ring (bicyclic) bond motifs is 1. The molecule has 0 aliphatic carbocycles. The number of hydrogen-bond donors (Lipinski definition) is 0. The minimum atomic E-state index is -0.0208. The molecule has 0 amide bonds. The van der Waals surface area contributed by atoms with Gasteiger partial charge in [0.05, 0.1) is 11.4 Å². The molecule has 4 nitrogen and oxygen atoms in total. The fourth-order valence-corrected chi connectivity index (χ4v) is 3.78. The van der Waals surface area contributed by atoms with Gasteiger partial charge < -0.3 is 0 Å². The normalized spacial score (nSPS) is 11.0. The van der Waals surface area contributed by atoms with Gasteiger partial charge in [-0.05, 0) is 49.3 Å². The molecule has 0 saturated heterocycles. The highest BCUT2D eigenvalue weighted by Gasteiger charge is 2.09. The molecule has 3 aromatic heterocycles. The summed E-state index contributed by atoms with van der Waals surface area (Å²) in [7, 11) is 0. The topological polar surface area (TPSA) is 47.3 Å². The molecule has 0 aliphatic heterocycles. The molecule has 0 atom stereocenters.